The van der Waals surface area contributed by atoms with E-state index in [0.717, 1.165) is 13.1 Å². The second kappa shape index (κ2) is 5.59. The van der Waals surface area contributed by atoms with E-state index >= 15 is 0 Å². The minimum absolute atomic E-state index is 0.300. The van der Waals surface area contributed by atoms with Gasteiger partial charge in [0.15, 0.2) is 0 Å². The van der Waals surface area contributed by atoms with Crippen molar-refractivity contribution in [2.45, 2.75) is 33.0 Å². The Hall–Kier alpha value is -1.68. The van der Waals surface area contributed by atoms with Crippen LogP contribution < -0.4 is 5.32 Å². The summed E-state index contributed by atoms with van der Waals surface area (Å²) in [6.45, 7) is 5.97. The van der Waals surface area contributed by atoms with Crippen LogP contribution >= 0.6 is 0 Å². The molecule has 0 aromatic carbocycles. The molecule has 4 nitrogen and oxygen atoms in total. The zero-order valence-corrected chi connectivity index (χ0v) is 10.3. The highest BCUT2D eigenvalue weighted by atomic mass is 15.3. The molecule has 0 spiro atoms. The molecule has 0 bridgehead atoms. The molecule has 0 saturated carbocycles. The molecular formula is C13H18N4. The maximum atomic E-state index is 4.25. The lowest BCUT2D eigenvalue weighted by Crippen LogP contribution is -2.17. The fraction of sp³-hybridized carbons (Fsp3) is 0.385. The van der Waals surface area contributed by atoms with E-state index in [1.807, 2.05) is 23.1 Å². The average Bonchev–Trinajstić information content (AvgIpc) is 2.85. The smallest absolute Gasteiger partial charge is 0.0534 e. The van der Waals surface area contributed by atoms with Crippen LogP contribution in [-0.2, 0) is 13.1 Å². The first-order valence-corrected chi connectivity index (χ1v) is 5.94. The van der Waals surface area contributed by atoms with Crippen LogP contribution in [0.25, 0.3) is 0 Å². The highest BCUT2D eigenvalue weighted by Crippen LogP contribution is 2.10. The monoisotopic (exact) mass is 230 g/mol. The van der Waals surface area contributed by atoms with Gasteiger partial charge in [-0.1, -0.05) is 6.07 Å². The molecule has 4 heteroatoms. The fourth-order valence-corrected chi connectivity index (χ4v) is 1.69. The second-order valence-electron chi connectivity index (χ2n) is 4.09. The predicted molar refractivity (Wildman–Crippen MR) is 67.4 cm³/mol. The molecule has 0 unspecified atom stereocenters. The third kappa shape index (κ3) is 3.14. The maximum Gasteiger partial charge on any atom is 0.0534 e. The van der Waals surface area contributed by atoms with Crippen molar-refractivity contribution < 1.29 is 0 Å². The molecule has 2 heterocycles. The van der Waals surface area contributed by atoms with Crippen molar-refractivity contribution in [2.24, 2.45) is 0 Å². The van der Waals surface area contributed by atoms with Gasteiger partial charge in [-0.15, -0.1) is 0 Å². The van der Waals surface area contributed by atoms with Crippen LogP contribution in [0.2, 0.25) is 0 Å². The summed E-state index contributed by atoms with van der Waals surface area (Å²) in [4.78, 5) is 4.12. The fourth-order valence-electron chi connectivity index (χ4n) is 1.69. The number of hydrogen-bond acceptors (Lipinski definition) is 3. The average molecular weight is 230 g/mol. The van der Waals surface area contributed by atoms with Gasteiger partial charge in [-0.25, -0.2) is 0 Å². The Morgan fingerprint density at radius 3 is 2.94 bits per heavy atom. The first kappa shape index (κ1) is 11.8. The van der Waals surface area contributed by atoms with Gasteiger partial charge >= 0.3 is 0 Å². The number of nitrogens with one attached hydrogen (secondary N) is 1. The topological polar surface area (TPSA) is 42.7 Å². The molecule has 1 N–H and O–H groups in total. The van der Waals surface area contributed by atoms with E-state index in [-0.39, 0.29) is 0 Å². The zero-order valence-electron chi connectivity index (χ0n) is 10.3. The minimum atomic E-state index is 0.300. The molecule has 90 valence electrons. The summed E-state index contributed by atoms with van der Waals surface area (Å²) in [5.74, 6) is 0. The number of nitrogens with zero attached hydrogens (tertiary/aromatic N) is 3. The summed E-state index contributed by atoms with van der Waals surface area (Å²) in [5.41, 5.74) is 2.41. The molecule has 2 aromatic rings. The van der Waals surface area contributed by atoms with E-state index in [1.165, 1.54) is 11.1 Å². The van der Waals surface area contributed by atoms with E-state index in [9.17, 15) is 0 Å². The SMILES string of the molecule is CCn1cc(CN[C@@H](C)c2cccnc2)cn1. The molecule has 2 rings (SSSR count). The van der Waals surface area contributed by atoms with Crippen LogP contribution in [0.15, 0.2) is 36.9 Å². The summed E-state index contributed by atoms with van der Waals surface area (Å²) in [5, 5.41) is 7.71. The molecule has 0 radical (unpaired) electrons. The van der Waals surface area contributed by atoms with Crippen LogP contribution in [0.5, 0.6) is 0 Å². The van der Waals surface area contributed by atoms with Crippen molar-refractivity contribution in [3.8, 4) is 0 Å². The van der Waals surface area contributed by atoms with Gasteiger partial charge in [0.25, 0.3) is 0 Å². The van der Waals surface area contributed by atoms with Gasteiger partial charge in [0.2, 0.25) is 0 Å². The summed E-state index contributed by atoms with van der Waals surface area (Å²) < 4.78 is 1.94. The molecule has 0 aliphatic heterocycles. The lowest BCUT2D eigenvalue weighted by molar-refractivity contribution is 0.572. The lowest BCUT2D eigenvalue weighted by atomic mass is 10.1. The Balaban J connectivity index is 1.90. The van der Waals surface area contributed by atoms with Crippen molar-refractivity contribution >= 4 is 0 Å². The number of pyridine rings is 1. The van der Waals surface area contributed by atoms with E-state index in [0.29, 0.717) is 6.04 Å². The van der Waals surface area contributed by atoms with Crippen molar-refractivity contribution in [2.75, 3.05) is 0 Å². The van der Waals surface area contributed by atoms with Crippen molar-refractivity contribution in [1.82, 2.24) is 20.1 Å². The number of hydrogen-bond donors (Lipinski definition) is 1. The quantitative estimate of drug-likeness (QED) is 0.855. The zero-order chi connectivity index (χ0) is 12.1. The molecule has 2 aromatic heterocycles. The Bertz CT molecular complexity index is 449. The molecular weight excluding hydrogens is 212 g/mol. The van der Waals surface area contributed by atoms with E-state index in [2.05, 4.69) is 41.5 Å². The largest absolute Gasteiger partial charge is 0.306 e. The maximum absolute atomic E-state index is 4.25. The number of aryl methyl sites for hydroxylation is 1. The van der Waals surface area contributed by atoms with Crippen LogP contribution in [0.1, 0.15) is 31.0 Å². The van der Waals surface area contributed by atoms with E-state index in [1.54, 1.807) is 6.20 Å². The van der Waals surface area contributed by atoms with Gasteiger partial charge in [-0.05, 0) is 25.5 Å². The van der Waals surface area contributed by atoms with E-state index in [4.69, 9.17) is 0 Å². The summed E-state index contributed by atoms with van der Waals surface area (Å²) in [6, 6.07) is 4.34. The van der Waals surface area contributed by atoms with Crippen molar-refractivity contribution in [1.29, 1.82) is 0 Å². The van der Waals surface area contributed by atoms with E-state index < -0.39 is 0 Å². The third-order valence-corrected chi connectivity index (χ3v) is 2.81. The van der Waals surface area contributed by atoms with Gasteiger partial charge in [0.1, 0.15) is 0 Å². The number of aromatic nitrogens is 3. The molecule has 17 heavy (non-hydrogen) atoms. The Morgan fingerprint density at radius 1 is 1.41 bits per heavy atom. The standard InChI is InChI=1S/C13H18N4/c1-3-17-10-12(8-16-17)7-15-11(2)13-5-4-6-14-9-13/h4-6,8-11,15H,3,7H2,1-2H3/t11-/m0/s1. The van der Waals surface area contributed by atoms with Crippen LogP contribution in [0.3, 0.4) is 0 Å². The van der Waals surface area contributed by atoms with Gasteiger partial charge in [0, 0.05) is 43.3 Å². The molecule has 1 atom stereocenters. The number of rotatable bonds is 5. The van der Waals surface area contributed by atoms with Crippen molar-refractivity contribution in [3.05, 3.63) is 48.0 Å². The molecule has 0 aliphatic carbocycles. The highest BCUT2D eigenvalue weighted by Gasteiger charge is 2.05. The van der Waals surface area contributed by atoms with Crippen LogP contribution in [-0.4, -0.2) is 14.8 Å². The van der Waals surface area contributed by atoms with Gasteiger partial charge < -0.3 is 5.32 Å². The Kier molecular flexibility index (Phi) is 3.88. The highest BCUT2D eigenvalue weighted by molar-refractivity contribution is 5.13. The Labute approximate surface area is 102 Å². The molecule has 0 aliphatic rings. The Morgan fingerprint density at radius 2 is 2.29 bits per heavy atom. The van der Waals surface area contributed by atoms with Gasteiger partial charge in [-0.3, -0.25) is 9.67 Å². The predicted octanol–water partition coefficient (Wildman–Crippen LogP) is 2.15. The summed E-state index contributed by atoms with van der Waals surface area (Å²) >= 11 is 0. The van der Waals surface area contributed by atoms with Gasteiger partial charge in [-0.2, -0.15) is 5.10 Å². The first-order chi connectivity index (χ1) is 8.29. The second-order valence-corrected chi connectivity index (χ2v) is 4.09. The molecule has 0 amide bonds. The normalized spacial score (nSPS) is 12.6. The van der Waals surface area contributed by atoms with Crippen molar-refractivity contribution in [3.63, 3.8) is 0 Å². The van der Waals surface area contributed by atoms with Crippen LogP contribution in [0.4, 0.5) is 0 Å². The summed E-state index contributed by atoms with van der Waals surface area (Å²) in [6.07, 6.45) is 7.67. The lowest BCUT2D eigenvalue weighted by Gasteiger charge is -2.12. The summed E-state index contributed by atoms with van der Waals surface area (Å²) in [7, 11) is 0. The molecule has 0 fully saturated rings. The minimum Gasteiger partial charge on any atom is -0.306 e. The first-order valence-electron chi connectivity index (χ1n) is 5.94. The van der Waals surface area contributed by atoms with Crippen LogP contribution in [0, 0.1) is 0 Å². The third-order valence-electron chi connectivity index (χ3n) is 2.81. The van der Waals surface area contributed by atoms with Gasteiger partial charge in [0.05, 0.1) is 6.20 Å². The molecule has 0 saturated heterocycles.